The number of para-hydroxylation sites is 2. The van der Waals surface area contributed by atoms with Crippen LogP contribution in [0.25, 0.3) is 83.1 Å². The number of rotatable bonds is 9. The van der Waals surface area contributed by atoms with E-state index in [2.05, 4.69) is 264 Å². The predicted octanol–water partition coefficient (Wildman–Crippen LogP) is 16.6. The van der Waals surface area contributed by atoms with E-state index in [1.165, 1.54) is 38.5 Å². The number of aromatic nitrogens is 1. The Kier molecular flexibility index (Phi) is 9.57. The molecule has 11 rings (SSSR count). The number of fused-ring (bicyclic) bond motifs is 3. The molecule has 0 radical (unpaired) electrons. The van der Waals surface area contributed by atoms with E-state index in [-0.39, 0.29) is 0 Å². The second kappa shape index (κ2) is 16.1. The number of anilines is 3. The minimum Gasteiger partial charge on any atom is -0.309 e. The second-order valence-electron chi connectivity index (χ2n) is 15.7. The van der Waals surface area contributed by atoms with Crippen LogP contribution in [0.3, 0.4) is 0 Å². The standard InChI is InChI=1S/C60H42N2/c1-6-19-43(20-7-1)45-33-35-46(36-34-45)49-38-40-56(54(41-49)48-25-12-4-13-26-48)62(59-42-50(44-21-8-2-9-22-44)37-39-52(59)47-23-10-3-11-24-47)58-32-18-31-57-60(58)53-29-16-17-30-55(53)61(57)51-27-14-5-15-28-51/h1-42H. The molecule has 2 heteroatoms. The van der Waals surface area contributed by atoms with Crippen LogP contribution in [0, 0.1) is 0 Å². The van der Waals surface area contributed by atoms with Crippen LogP contribution in [0.15, 0.2) is 255 Å². The Morgan fingerprint density at radius 1 is 0.258 bits per heavy atom. The van der Waals surface area contributed by atoms with Crippen molar-refractivity contribution in [2.45, 2.75) is 0 Å². The molecule has 10 aromatic carbocycles. The number of benzene rings is 10. The lowest BCUT2D eigenvalue weighted by molar-refractivity contribution is 1.18. The van der Waals surface area contributed by atoms with Gasteiger partial charge in [-0.15, -0.1) is 0 Å². The van der Waals surface area contributed by atoms with Crippen LogP contribution in [-0.4, -0.2) is 4.57 Å². The molecule has 0 aliphatic carbocycles. The molecule has 0 saturated carbocycles. The van der Waals surface area contributed by atoms with Crippen molar-refractivity contribution in [1.29, 1.82) is 0 Å². The van der Waals surface area contributed by atoms with Gasteiger partial charge in [0, 0.05) is 27.6 Å². The molecule has 0 atom stereocenters. The van der Waals surface area contributed by atoms with E-state index in [9.17, 15) is 0 Å². The molecule has 1 aromatic heterocycles. The molecule has 0 unspecified atom stereocenters. The molecule has 292 valence electrons. The first-order valence-corrected chi connectivity index (χ1v) is 21.3. The lowest BCUT2D eigenvalue weighted by atomic mass is 9.93. The first kappa shape index (κ1) is 36.8. The number of nitrogens with zero attached hydrogens (tertiary/aromatic N) is 2. The Bertz CT molecular complexity index is 3300. The maximum Gasteiger partial charge on any atom is 0.0562 e. The van der Waals surface area contributed by atoms with Crippen molar-refractivity contribution in [2.75, 3.05) is 4.90 Å². The topological polar surface area (TPSA) is 8.17 Å². The summed E-state index contributed by atoms with van der Waals surface area (Å²) in [5, 5.41) is 2.39. The highest BCUT2D eigenvalue weighted by molar-refractivity contribution is 6.17. The molecule has 0 spiro atoms. The lowest BCUT2D eigenvalue weighted by Crippen LogP contribution is -2.13. The summed E-state index contributed by atoms with van der Waals surface area (Å²) in [6.45, 7) is 0. The molecule has 0 fully saturated rings. The fraction of sp³-hybridized carbons (Fsp3) is 0. The van der Waals surface area contributed by atoms with E-state index >= 15 is 0 Å². The first-order chi connectivity index (χ1) is 30.8. The summed E-state index contributed by atoms with van der Waals surface area (Å²) in [4.78, 5) is 2.53. The second-order valence-corrected chi connectivity index (χ2v) is 15.7. The van der Waals surface area contributed by atoms with E-state index in [4.69, 9.17) is 0 Å². The zero-order chi connectivity index (χ0) is 41.2. The van der Waals surface area contributed by atoms with Gasteiger partial charge >= 0.3 is 0 Å². The SMILES string of the molecule is c1ccc(-c2ccc(-c3ccc(N(c4cc(-c5ccccc5)ccc4-c4ccccc4)c4cccc5c4c4ccccc4n5-c4ccccc4)c(-c4ccccc4)c3)cc2)cc1. The van der Waals surface area contributed by atoms with Crippen LogP contribution >= 0.6 is 0 Å². The molecule has 0 saturated heterocycles. The molecule has 2 nitrogen and oxygen atoms in total. The Morgan fingerprint density at radius 3 is 1.35 bits per heavy atom. The molecule has 1 heterocycles. The number of hydrogen-bond acceptors (Lipinski definition) is 1. The molecule has 0 aliphatic rings. The van der Waals surface area contributed by atoms with Gasteiger partial charge in [-0.2, -0.15) is 0 Å². The summed E-state index contributed by atoms with van der Waals surface area (Å²) in [7, 11) is 0. The largest absolute Gasteiger partial charge is 0.309 e. The Hall–Kier alpha value is -8.20. The number of hydrogen-bond donors (Lipinski definition) is 0. The van der Waals surface area contributed by atoms with E-state index in [1.54, 1.807) is 0 Å². The normalized spacial score (nSPS) is 11.2. The summed E-state index contributed by atoms with van der Waals surface area (Å²) in [5.74, 6) is 0. The zero-order valence-electron chi connectivity index (χ0n) is 34.1. The van der Waals surface area contributed by atoms with Gasteiger partial charge in [0.15, 0.2) is 0 Å². The Morgan fingerprint density at radius 2 is 0.710 bits per heavy atom. The van der Waals surface area contributed by atoms with Crippen LogP contribution in [0.5, 0.6) is 0 Å². The van der Waals surface area contributed by atoms with Crippen molar-refractivity contribution in [1.82, 2.24) is 4.57 Å². The smallest absolute Gasteiger partial charge is 0.0562 e. The highest BCUT2D eigenvalue weighted by Crippen LogP contribution is 2.50. The van der Waals surface area contributed by atoms with E-state index in [1.807, 2.05) is 0 Å². The van der Waals surface area contributed by atoms with Gasteiger partial charge in [0.25, 0.3) is 0 Å². The van der Waals surface area contributed by atoms with Crippen LogP contribution in [-0.2, 0) is 0 Å². The average molecular weight is 791 g/mol. The minimum atomic E-state index is 1.09. The van der Waals surface area contributed by atoms with Crippen LogP contribution in [0.2, 0.25) is 0 Å². The minimum absolute atomic E-state index is 1.09. The maximum atomic E-state index is 2.53. The molecule has 0 bridgehead atoms. The van der Waals surface area contributed by atoms with Gasteiger partial charge in [0.1, 0.15) is 0 Å². The summed E-state index contributed by atoms with van der Waals surface area (Å²) < 4.78 is 2.41. The molecule has 0 aliphatic heterocycles. The Labute approximate surface area is 362 Å². The fourth-order valence-corrected chi connectivity index (χ4v) is 9.07. The average Bonchev–Trinajstić information content (AvgIpc) is 3.70. The van der Waals surface area contributed by atoms with Gasteiger partial charge in [-0.3, -0.25) is 0 Å². The molecule has 0 N–H and O–H groups in total. The summed E-state index contributed by atoms with van der Waals surface area (Å²) in [5.41, 5.74) is 18.4. The quantitative estimate of drug-likeness (QED) is 0.141. The molecule has 62 heavy (non-hydrogen) atoms. The van der Waals surface area contributed by atoms with Gasteiger partial charge in [0.05, 0.1) is 28.1 Å². The monoisotopic (exact) mass is 790 g/mol. The van der Waals surface area contributed by atoms with Gasteiger partial charge in [-0.25, -0.2) is 0 Å². The van der Waals surface area contributed by atoms with Crippen molar-refractivity contribution < 1.29 is 0 Å². The fourth-order valence-electron chi connectivity index (χ4n) is 9.07. The molecular formula is C60H42N2. The predicted molar refractivity (Wildman–Crippen MR) is 263 cm³/mol. The highest BCUT2D eigenvalue weighted by Gasteiger charge is 2.26. The van der Waals surface area contributed by atoms with Crippen molar-refractivity contribution >= 4 is 38.9 Å². The van der Waals surface area contributed by atoms with E-state index in [0.29, 0.717) is 0 Å². The third-order valence-corrected chi connectivity index (χ3v) is 12.0. The van der Waals surface area contributed by atoms with Gasteiger partial charge in [-0.05, 0) is 93.0 Å². The van der Waals surface area contributed by atoms with Crippen LogP contribution in [0.1, 0.15) is 0 Å². The van der Waals surface area contributed by atoms with E-state index in [0.717, 1.165) is 61.6 Å². The van der Waals surface area contributed by atoms with E-state index < -0.39 is 0 Å². The molecular weight excluding hydrogens is 749 g/mol. The van der Waals surface area contributed by atoms with Gasteiger partial charge in [-0.1, -0.05) is 206 Å². The Balaban J connectivity index is 1.22. The summed E-state index contributed by atoms with van der Waals surface area (Å²) in [6.07, 6.45) is 0. The van der Waals surface area contributed by atoms with Crippen molar-refractivity contribution in [3.05, 3.63) is 255 Å². The first-order valence-electron chi connectivity index (χ1n) is 21.3. The highest BCUT2D eigenvalue weighted by atomic mass is 15.2. The third-order valence-electron chi connectivity index (χ3n) is 12.0. The van der Waals surface area contributed by atoms with Crippen LogP contribution in [0.4, 0.5) is 17.1 Å². The molecule has 11 aromatic rings. The van der Waals surface area contributed by atoms with Crippen LogP contribution < -0.4 is 4.90 Å². The van der Waals surface area contributed by atoms with Crippen molar-refractivity contribution in [3.63, 3.8) is 0 Å². The van der Waals surface area contributed by atoms with Gasteiger partial charge in [0.2, 0.25) is 0 Å². The summed E-state index contributed by atoms with van der Waals surface area (Å²) in [6, 6.07) is 92.3. The maximum absolute atomic E-state index is 2.53. The van der Waals surface area contributed by atoms with Crippen molar-refractivity contribution in [3.8, 4) is 61.3 Å². The summed E-state index contributed by atoms with van der Waals surface area (Å²) >= 11 is 0. The van der Waals surface area contributed by atoms with Gasteiger partial charge < -0.3 is 9.47 Å². The molecule has 0 amide bonds. The third kappa shape index (κ3) is 6.74. The zero-order valence-corrected chi connectivity index (χ0v) is 34.1. The van der Waals surface area contributed by atoms with Crippen molar-refractivity contribution in [2.24, 2.45) is 0 Å². The lowest BCUT2D eigenvalue weighted by Gasteiger charge is -2.31.